The van der Waals surface area contributed by atoms with E-state index in [1.54, 1.807) is 0 Å². The molecule has 1 aliphatic heterocycles. The second-order valence-electron chi connectivity index (χ2n) is 10.2. The summed E-state index contributed by atoms with van der Waals surface area (Å²) in [5.41, 5.74) is 7.86. The predicted octanol–water partition coefficient (Wildman–Crippen LogP) is 7.73. The molecule has 1 saturated carbocycles. The molecule has 3 unspecified atom stereocenters. The highest BCUT2D eigenvalue weighted by Gasteiger charge is 2.35. The minimum absolute atomic E-state index is 0.319. The number of nitrogens with zero attached hydrogens (tertiary/aromatic N) is 1. The Hall–Kier alpha value is -1.66. The van der Waals surface area contributed by atoms with Crippen molar-refractivity contribution in [2.45, 2.75) is 92.0 Å². The number of carbonyl (C=O) groups is 2. The Bertz CT molecular complexity index is 871. The van der Waals surface area contributed by atoms with Crippen LogP contribution in [-0.2, 0) is 9.59 Å². The van der Waals surface area contributed by atoms with Gasteiger partial charge in [-0.05, 0) is 87.7 Å². The lowest BCUT2D eigenvalue weighted by molar-refractivity contribution is -0.118. The molecule has 0 aromatic heterocycles. The highest BCUT2D eigenvalue weighted by molar-refractivity contribution is 6.31. The highest BCUT2D eigenvalue weighted by atomic mass is 35.5. The molecule has 3 aliphatic rings. The summed E-state index contributed by atoms with van der Waals surface area (Å²) < 4.78 is 0. The average Bonchev–Trinajstić information content (AvgIpc) is 3.66. The quantitative estimate of drug-likeness (QED) is 0.328. The zero-order valence-electron chi connectivity index (χ0n) is 25.1. The molecule has 7 heteroatoms. The zero-order valence-corrected chi connectivity index (χ0v) is 26.7. The molecule has 3 N–H and O–H groups in total. The van der Waals surface area contributed by atoms with E-state index in [4.69, 9.17) is 33.7 Å². The van der Waals surface area contributed by atoms with E-state index in [2.05, 4.69) is 42.3 Å². The molecule has 1 saturated heterocycles. The van der Waals surface area contributed by atoms with Gasteiger partial charge in [0.25, 0.3) is 0 Å². The van der Waals surface area contributed by atoms with Crippen molar-refractivity contribution in [2.24, 2.45) is 17.6 Å². The summed E-state index contributed by atoms with van der Waals surface area (Å²) in [4.78, 5) is 21.4. The molecule has 1 aromatic rings. The van der Waals surface area contributed by atoms with Crippen LogP contribution in [0.2, 0.25) is 5.02 Å². The number of hydrogen-bond donors (Lipinski definition) is 2. The fourth-order valence-corrected chi connectivity index (χ4v) is 5.25. The van der Waals surface area contributed by atoms with Gasteiger partial charge in [0.15, 0.2) is 0 Å². The third-order valence-electron chi connectivity index (χ3n) is 6.78. The van der Waals surface area contributed by atoms with Gasteiger partial charge in [-0.2, -0.15) is 0 Å². The number of likely N-dealkylation sites (tertiary alicyclic amines) is 1. The summed E-state index contributed by atoms with van der Waals surface area (Å²) in [6.07, 6.45) is 10.6. The average molecular weight is 583 g/mol. The number of hydrogen-bond acceptors (Lipinski definition) is 5. The van der Waals surface area contributed by atoms with Crippen LogP contribution in [0.25, 0.3) is 0 Å². The Balaban J connectivity index is 0.000000564. The van der Waals surface area contributed by atoms with E-state index in [-0.39, 0.29) is 0 Å². The minimum Gasteiger partial charge on any atom is -0.402 e. The van der Waals surface area contributed by atoms with Crippen LogP contribution in [0, 0.1) is 11.8 Å². The van der Waals surface area contributed by atoms with Crippen LogP contribution in [0.4, 0.5) is 0 Å². The van der Waals surface area contributed by atoms with Gasteiger partial charge in [0.1, 0.15) is 12.6 Å². The first-order valence-corrected chi connectivity index (χ1v) is 15.3. The van der Waals surface area contributed by atoms with Gasteiger partial charge in [-0.15, -0.1) is 0 Å². The number of nitrogens with one attached hydrogen (secondary N) is 1. The Kier molecular flexibility index (Phi) is 21.1. The van der Waals surface area contributed by atoms with Crippen LogP contribution in [0.1, 0.15) is 91.5 Å². The molecule has 0 bridgehead atoms. The van der Waals surface area contributed by atoms with Crippen molar-refractivity contribution in [2.75, 3.05) is 26.2 Å². The first-order chi connectivity index (χ1) is 18.7. The summed E-state index contributed by atoms with van der Waals surface area (Å²) in [6, 6.07) is 9.09. The molecule has 39 heavy (non-hydrogen) atoms. The van der Waals surface area contributed by atoms with Crippen molar-refractivity contribution in [3.8, 4) is 0 Å². The summed E-state index contributed by atoms with van der Waals surface area (Å²) in [7, 11) is 0. The van der Waals surface area contributed by atoms with Crippen LogP contribution in [-0.4, -0.2) is 49.7 Å². The first-order valence-electron chi connectivity index (χ1n) is 14.6. The topological polar surface area (TPSA) is 75.4 Å². The third kappa shape index (κ3) is 16.3. The fraction of sp³-hybridized carbons (Fsp3) is 0.625. The first kappa shape index (κ1) is 37.3. The third-order valence-corrected chi connectivity index (χ3v) is 7.25. The molecule has 5 nitrogen and oxygen atoms in total. The van der Waals surface area contributed by atoms with Crippen molar-refractivity contribution in [3.05, 3.63) is 57.7 Å². The lowest BCUT2D eigenvalue weighted by Gasteiger charge is -2.24. The van der Waals surface area contributed by atoms with E-state index in [9.17, 15) is 4.79 Å². The fourth-order valence-electron chi connectivity index (χ4n) is 4.69. The largest absolute Gasteiger partial charge is 0.402 e. The summed E-state index contributed by atoms with van der Waals surface area (Å²) in [5, 5.41) is 4.62. The Morgan fingerprint density at radius 2 is 1.79 bits per heavy atom. The van der Waals surface area contributed by atoms with Crippen LogP contribution in [0.5, 0.6) is 0 Å². The van der Waals surface area contributed by atoms with Crippen molar-refractivity contribution >= 4 is 35.8 Å². The lowest BCUT2D eigenvalue weighted by Crippen LogP contribution is -2.31. The van der Waals surface area contributed by atoms with Crippen LogP contribution >= 0.6 is 23.2 Å². The van der Waals surface area contributed by atoms with E-state index >= 15 is 0 Å². The number of likely N-dealkylation sites (N-methyl/N-ethyl adjacent to an activating group) is 1. The van der Waals surface area contributed by atoms with Crippen LogP contribution in [0.3, 0.4) is 0 Å². The van der Waals surface area contributed by atoms with Crippen molar-refractivity contribution in [1.82, 2.24) is 10.2 Å². The van der Waals surface area contributed by atoms with Gasteiger partial charge in [0, 0.05) is 40.7 Å². The van der Waals surface area contributed by atoms with Crippen molar-refractivity contribution in [1.29, 1.82) is 0 Å². The molecule has 222 valence electrons. The molecule has 1 aromatic carbocycles. The van der Waals surface area contributed by atoms with Gasteiger partial charge in [-0.3, -0.25) is 9.69 Å². The Labute approximate surface area is 248 Å². The van der Waals surface area contributed by atoms with Crippen molar-refractivity contribution in [3.63, 3.8) is 0 Å². The van der Waals surface area contributed by atoms with E-state index in [1.165, 1.54) is 37.9 Å². The summed E-state index contributed by atoms with van der Waals surface area (Å²) in [5.74, 6) is 2.49. The second kappa shape index (κ2) is 22.1. The number of Topliss-reactive ketones (excluding diaryl/α,β-unsaturated/α-hetero) is 1. The second-order valence-corrected chi connectivity index (χ2v) is 11.0. The standard InChI is InChI=1S/C15H20ClN.C7H10ClN.C7H15NO.C2H6.CH2O/c1-11-15(13-3-2-4-14(16)9-13)7-8-17(11)10-12-5-6-12;1-5-2-6(8)4-7(9)3-5;1-3-5-7(9)6-8-4-2;2*1-2/h2-4,9,11-12,15H,5-8,10H2,1H3;2,4-5H,3,9H2,1H3;8H,3-6H2,1-2H3;1-2H3;1H2. The number of nitrogens with two attached hydrogens (primary N) is 1. The van der Waals surface area contributed by atoms with E-state index in [1.807, 2.05) is 52.7 Å². The number of benzene rings is 1. The maximum Gasteiger partial charge on any atom is 0.146 e. The Morgan fingerprint density at radius 3 is 2.31 bits per heavy atom. The number of ketones is 1. The van der Waals surface area contributed by atoms with Crippen molar-refractivity contribution < 1.29 is 9.59 Å². The van der Waals surface area contributed by atoms with Gasteiger partial charge in [0.05, 0.1) is 6.54 Å². The normalized spacial score (nSPS) is 21.7. The zero-order chi connectivity index (χ0) is 29.8. The predicted molar refractivity (Wildman–Crippen MR) is 169 cm³/mol. The molecular formula is C32H53Cl2N3O2. The lowest BCUT2D eigenvalue weighted by atomic mass is 9.93. The molecule has 3 atom stereocenters. The van der Waals surface area contributed by atoms with Gasteiger partial charge < -0.3 is 15.8 Å². The minimum atomic E-state index is 0.319. The highest BCUT2D eigenvalue weighted by Crippen LogP contribution is 2.38. The molecular weight excluding hydrogens is 529 g/mol. The van der Waals surface area contributed by atoms with Gasteiger partial charge in [-0.25, -0.2) is 0 Å². The van der Waals surface area contributed by atoms with Crippen LogP contribution < -0.4 is 11.1 Å². The maximum atomic E-state index is 10.7. The van der Waals surface area contributed by atoms with E-state index in [0.717, 1.165) is 41.1 Å². The van der Waals surface area contributed by atoms with Gasteiger partial charge in [0.2, 0.25) is 0 Å². The molecule has 0 radical (unpaired) electrons. The molecule has 2 fully saturated rings. The summed E-state index contributed by atoms with van der Waals surface area (Å²) in [6.45, 7) is 18.5. The van der Waals surface area contributed by atoms with E-state index < -0.39 is 0 Å². The van der Waals surface area contributed by atoms with Gasteiger partial charge in [-0.1, -0.05) is 76.0 Å². The molecule has 0 spiro atoms. The molecule has 1 heterocycles. The molecule has 4 rings (SSSR count). The molecule has 0 amide bonds. The Morgan fingerprint density at radius 1 is 1.13 bits per heavy atom. The van der Waals surface area contributed by atoms with Crippen LogP contribution in [0.15, 0.2) is 47.1 Å². The smallest absolute Gasteiger partial charge is 0.146 e. The van der Waals surface area contributed by atoms with E-state index in [0.29, 0.717) is 36.6 Å². The number of halogens is 2. The molecule has 2 aliphatic carbocycles. The number of allylic oxidation sites excluding steroid dienone is 4. The SMILES string of the molecule is C=O.CC.CC1C(c2cccc(Cl)c2)CCN1CC1CC1.CC1C=C(Cl)C=C(N)C1.CCCC(=O)CNCC. The number of carbonyl (C=O) groups excluding carboxylic acids is 2. The number of rotatable bonds is 8. The maximum absolute atomic E-state index is 10.7. The summed E-state index contributed by atoms with van der Waals surface area (Å²) >= 11 is 11.8. The monoisotopic (exact) mass is 581 g/mol. The van der Waals surface area contributed by atoms with Gasteiger partial charge >= 0.3 is 0 Å².